The Morgan fingerprint density at radius 2 is 1.86 bits per heavy atom. The van der Waals surface area contributed by atoms with E-state index in [9.17, 15) is 18.0 Å². The number of alkyl halides is 3. The highest BCUT2D eigenvalue weighted by Crippen LogP contribution is 2.36. The number of aryl methyl sites for hydroxylation is 1. The van der Waals surface area contributed by atoms with Crippen molar-refractivity contribution in [2.45, 2.75) is 25.7 Å². The normalized spacial score (nSPS) is 16.6. The van der Waals surface area contributed by atoms with Crippen molar-refractivity contribution in [3.05, 3.63) is 93.8 Å². The Morgan fingerprint density at radius 3 is 2.59 bits per heavy atom. The molecule has 150 valence electrons. The molecule has 2 aromatic carbocycles. The van der Waals surface area contributed by atoms with Crippen LogP contribution in [-0.4, -0.2) is 21.9 Å². The van der Waals surface area contributed by atoms with Crippen molar-refractivity contribution in [1.29, 1.82) is 0 Å². The molecule has 0 N–H and O–H groups in total. The standard InChI is InChI=1S/C22H18ClF3N2O/c1-14-7-8-16(13-18(14)22(24,25)26)21(29)28-11-10-27-9-3-6-19(27)20(28)15-4-2-5-17(23)12-15/h2-9,12-13,20H,10-11H2,1H3/t20-/m1/s1. The minimum Gasteiger partial charge on any atom is -0.348 e. The van der Waals surface area contributed by atoms with Gasteiger partial charge < -0.3 is 9.47 Å². The van der Waals surface area contributed by atoms with E-state index in [0.29, 0.717) is 18.1 Å². The minimum absolute atomic E-state index is 0.0231. The quantitative estimate of drug-likeness (QED) is 0.523. The van der Waals surface area contributed by atoms with Gasteiger partial charge in [-0.2, -0.15) is 13.2 Å². The van der Waals surface area contributed by atoms with Crippen LogP contribution < -0.4 is 0 Å². The summed E-state index contributed by atoms with van der Waals surface area (Å²) in [4.78, 5) is 14.9. The van der Waals surface area contributed by atoms with Gasteiger partial charge in [0.1, 0.15) is 0 Å². The van der Waals surface area contributed by atoms with Crippen LogP contribution in [-0.2, 0) is 12.7 Å². The maximum Gasteiger partial charge on any atom is 0.416 e. The highest BCUT2D eigenvalue weighted by Gasteiger charge is 2.36. The Labute approximate surface area is 171 Å². The fourth-order valence-electron chi connectivity index (χ4n) is 3.86. The molecule has 7 heteroatoms. The van der Waals surface area contributed by atoms with Crippen molar-refractivity contribution in [2.75, 3.05) is 6.54 Å². The molecule has 0 radical (unpaired) electrons. The SMILES string of the molecule is Cc1ccc(C(=O)N2CCn3cccc3[C@H]2c2cccc(Cl)c2)cc1C(F)(F)F. The molecule has 0 spiro atoms. The van der Waals surface area contributed by atoms with E-state index in [1.165, 1.54) is 19.1 Å². The first-order valence-corrected chi connectivity index (χ1v) is 9.53. The number of rotatable bonds is 2. The van der Waals surface area contributed by atoms with Crippen molar-refractivity contribution in [1.82, 2.24) is 9.47 Å². The molecule has 2 heterocycles. The minimum atomic E-state index is -4.51. The predicted molar refractivity (Wildman–Crippen MR) is 105 cm³/mol. The molecule has 0 saturated heterocycles. The highest BCUT2D eigenvalue weighted by molar-refractivity contribution is 6.30. The Morgan fingerprint density at radius 1 is 1.07 bits per heavy atom. The Kier molecular flexibility index (Phi) is 4.90. The number of aromatic nitrogens is 1. The largest absolute Gasteiger partial charge is 0.416 e. The number of carbonyl (C=O) groups excluding carboxylic acids is 1. The van der Waals surface area contributed by atoms with Gasteiger partial charge in [0.15, 0.2) is 0 Å². The van der Waals surface area contributed by atoms with E-state index in [2.05, 4.69) is 0 Å². The molecule has 1 amide bonds. The molecule has 3 nitrogen and oxygen atoms in total. The average molecular weight is 419 g/mol. The fraction of sp³-hybridized carbons (Fsp3) is 0.227. The number of hydrogen-bond donors (Lipinski definition) is 0. The van der Waals surface area contributed by atoms with Crippen LogP contribution in [0.5, 0.6) is 0 Å². The second-order valence-electron chi connectivity index (χ2n) is 7.11. The van der Waals surface area contributed by atoms with E-state index < -0.39 is 23.7 Å². The van der Waals surface area contributed by atoms with Crippen LogP contribution >= 0.6 is 11.6 Å². The summed E-state index contributed by atoms with van der Waals surface area (Å²) in [5.74, 6) is -0.437. The number of halogens is 4. The molecule has 1 aliphatic heterocycles. The molecule has 1 aliphatic rings. The van der Waals surface area contributed by atoms with Crippen molar-refractivity contribution >= 4 is 17.5 Å². The lowest BCUT2D eigenvalue weighted by atomic mass is 9.98. The smallest absolute Gasteiger partial charge is 0.348 e. The maximum atomic E-state index is 13.3. The number of nitrogens with zero attached hydrogens (tertiary/aromatic N) is 2. The zero-order valence-electron chi connectivity index (χ0n) is 15.6. The Hall–Kier alpha value is -2.73. The summed E-state index contributed by atoms with van der Waals surface area (Å²) < 4.78 is 42.0. The van der Waals surface area contributed by atoms with Gasteiger partial charge in [-0.1, -0.05) is 29.8 Å². The van der Waals surface area contributed by atoms with Crippen molar-refractivity contribution in [2.24, 2.45) is 0 Å². The van der Waals surface area contributed by atoms with Gasteiger partial charge in [0, 0.05) is 35.6 Å². The molecular formula is C22H18ClF3N2O. The molecule has 4 rings (SSSR count). The van der Waals surface area contributed by atoms with E-state index in [1.807, 2.05) is 29.0 Å². The highest BCUT2D eigenvalue weighted by atomic mass is 35.5. The summed E-state index contributed by atoms with van der Waals surface area (Å²) in [6.45, 7) is 2.34. The number of fused-ring (bicyclic) bond motifs is 1. The molecule has 0 unspecified atom stereocenters. The molecule has 1 aromatic heterocycles. The lowest BCUT2D eigenvalue weighted by Crippen LogP contribution is -2.42. The van der Waals surface area contributed by atoms with Crippen molar-refractivity contribution in [3.8, 4) is 0 Å². The zero-order chi connectivity index (χ0) is 20.8. The van der Waals surface area contributed by atoms with Gasteiger partial charge in [-0.15, -0.1) is 0 Å². The third kappa shape index (κ3) is 3.65. The second kappa shape index (κ2) is 7.26. The third-order valence-electron chi connectivity index (χ3n) is 5.25. The van der Waals surface area contributed by atoms with Gasteiger partial charge in [0.25, 0.3) is 5.91 Å². The van der Waals surface area contributed by atoms with Crippen LogP contribution in [0, 0.1) is 6.92 Å². The van der Waals surface area contributed by atoms with E-state index in [0.717, 1.165) is 17.3 Å². The summed E-state index contributed by atoms with van der Waals surface area (Å²) in [5.41, 5.74) is 1.04. The van der Waals surface area contributed by atoms with Crippen LogP contribution in [0.25, 0.3) is 0 Å². The molecule has 0 fully saturated rings. The predicted octanol–water partition coefficient (Wildman–Crippen LogP) is 5.71. The van der Waals surface area contributed by atoms with E-state index in [4.69, 9.17) is 11.6 Å². The molecule has 0 bridgehead atoms. The lowest BCUT2D eigenvalue weighted by molar-refractivity contribution is -0.138. The van der Waals surface area contributed by atoms with Gasteiger partial charge in [0.05, 0.1) is 11.6 Å². The first-order valence-electron chi connectivity index (χ1n) is 9.15. The van der Waals surface area contributed by atoms with Crippen LogP contribution in [0.3, 0.4) is 0 Å². The summed E-state index contributed by atoms with van der Waals surface area (Å²) in [7, 11) is 0. The summed E-state index contributed by atoms with van der Waals surface area (Å²) in [5, 5.41) is 0.535. The molecule has 1 atom stereocenters. The summed E-state index contributed by atoms with van der Waals surface area (Å²) in [6, 6.07) is 14.3. The zero-order valence-corrected chi connectivity index (χ0v) is 16.3. The Bertz CT molecular complexity index is 1070. The van der Waals surface area contributed by atoms with Crippen LogP contribution in [0.15, 0.2) is 60.8 Å². The van der Waals surface area contributed by atoms with Crippen LogP contribution in [0.4, 0.5) is 13.2 Å². The van der Waals surface area contributed by atoms with Gasteiger partial charge in [0.2, 0.25) is 0 Å². The molecule has 0 saturated carbocycles. The number of carbonyl (C=O) groups is 1. The van der Waals surface area contributed by atoms with Crippen molar-refractivity contribution < 1.29 is 18.0 Å². The summed E-state index contributed by atoms with van der Waals surface area (Å²) >= 11 is 6.16. The van der Waals surface area contributed by atoms with Gasteiger partial charge in [-0.05, 0) is 54.4 Å². The molecule has 3 aromatic rings. The Balaban J connectivity index is 1.78. The molecule has 0 aliphatic carbocycles. The topological polar surface area (TPSA) is 25.2 Å². The van der Waals surface area contributed by atoms with E-state index in [-0.39, 0.29) is 11.1 Å². The molecular weight excluding hydrogens is 401 g/mol. The lowest BCUT2D eigenvalue weighted by Gasteiger charge is -2.37. The van der Waals surface area contributed by atoms with Crippen LogP contribution in [0.1, 0.15) is 38.8 Å². The van der Waals surface area contributed by atoms with Crippen molar-refractivity contribution in [3.63, 3.8) is 0 Å². The first-order chi connectivity index (χ1) is 13.8. The third-order valence-corrected chi connectivity index (χ3v) is 5.49. The number of amides is 1. The van der Waals surface area contributed by atoms with Gasteiger partial charge in [-0.3, -0.25) is 4.79 Å². The van der Waals surface area contributed by atoms with Gasteiger partial charge in [-0.25, -0.2) is 0 Å². The summed E-state index contributed by atoms with van der Waals surface area (Å²) in [6.07, 6.45) is -2.58. The average Bonchev–Trinajstić information content (AvgIpc) is 3.15. The molecule has 29 heavy (non-hydrogen) atoms. The fourth-order valence-corrected chi connectivity index (χ4v) is 4.05. The first kappa shape index (κ1) is 19.6. The van der Waals surface area contributed by atoms with E-state index >= 15 is 0 Å². The van der Waals surface area contributed by atoms with Crippen LogP contribution in [0.2, 0.25) is 5.02 Å². The number of benzene rings is 2. The second-order valence-corrected chi connectivity index (χ2v) is 7.55. The number of hydrogen-bond acceptors (Lipinski definition) is 1. The monoisotopic (exact) mass is 418 g/mol. The van der Waals surface area contributed by atoms with Gasteiger partial charge >= 0.3 is 6.18 Å². The van der Waals surface area contributed by atoms with E-state index in [1.54, 1.807) is 23.1 Å². The maximum absolute atomic E-state index is 13.3.